The minimum Gasteiger partial charge on any atom is -0.486 e. The van der Waals surface area contributed by atoms with Crippen LogP contribution in [0.25, 0.3) is 11.0 Å². The molecule has 0 atom stereocenters. The third-order valence-corrected chi connectivity index (χ3v) is 5.57. The second-order valence-electron chi connectivity index (χ2n) is 8.10. The Labute approximate surface area is 196 Å². The predicted octanol–water partition coefficient (Wildman–Crippen LogP) is 5.07. The van der Waals surface area contributed by atoms with Gasteiger partial charge in [0.2, 0.25) is 5.78 Å². The zero-order valence-electron chi connectivity index (χ0n) is 18.8. The molecule has 2 heterocycles. The summed E-state index contributed by atoms with van der Waals surface area (Å²) < 4.78 is 22.7. The Morgan fingerprint density at radius 2 is 1.74 bits per heavy atom. The van der Waals surface area contributed by atoms with Gasteiger partial charge >= 0.3 is 0 Å². The number of hydrogen-bond acceptors (Lipinski definition) is 6. The van der Waals surface area contributed by atoms with Crippen molar-refractivity contribution in [1.82, 2.24) is 0 Å². The smallest absolute Gasteiger partial charge is 0.262 e. The normalized spacial score (nSPS) is 12.4. The molecule has 0 fully saturated rings. The number of hydrogen-bond donors (Lipinski definition) is 1. The molecule has 0 spiro atoms. The summed E-state index contributed by atoms with van der Waals surface area (Å²) in [7, 11) is 0. The first-order valence-electron chi connectivity index (χ1n) is 11.0. The van der Waals surface area contributed by atoms with Gasteiger partial charge in [-0.2, -0.15) is 0 Å². The first-order chi connectivity index (χ1) is 16.5. The SMILES string of the molecule is Cc1ccc(C)c(OCC(=O)Nc2c(C(=O)c3ccc4c(c3)OCCO4)oc3ccccc23)c1. The van der Waals surface area contributed by atoms with E-state index in [0.717, 1.165) is 11.1 Å². The molecule has 1 aromatic heterocycles. The Morgan fingerprint density at radius 3 is 2.59 bits per heavy atom. The summed E-state index contributed by atoms with van der Waals surface area (Å²) in [6, 6.07) is 17.9. The second-order valence-corrected chi connectivity index (χ2v) is 8.10. The maximum Gasteiger partial charge on any atom is 0.262 e. The van der Waals surface area contributed by atoms with Crippen molar-refractivity contribution in [3.63, 3.8) is 0 Å². The van der Waals surface area contributed by atoms with Gasteiger partial charge < -0.3 is 23.9 Å². The molecule has 0 radical (unpaired) electrons. The molecule has 34 heavy (non-hydrogen) atoms. The number of amides is 1. The summed E-state index contributed by atoms with van der Waals surface area (Å²) in [5.41, 5.74) is 3.14. The Hall–Kier alpha value is -4.26. The van der Waals surface area contributed by atoms with Gasteiger partial charge in [-0.15, -0.1) is 0 Å². The van der Waals surface area contributed by atoms with Crippen molar-refractivity contribution >= 4 is 28.3 Å². The number of para-hydroxylation sites is 1. The third kappa shape index (κ3) is 4.20. The number of ketones is 1. The molecule has 1 amide bonds. The van der Waals surface area contributed by atoms with Gasteiger partial charge in [0.25, 0.3) is 5.91 Å². The average molecular weight is 457 g/mol. The van der Waals surface area contributed by atoms with E-state index in [0.29, 0.717) is 52.7 Å². The monoisotopic (exact) mass is 457 g/mol. The van der Waals surface area contributed by atoms with E-state index in [9.17, 15) is 9.59 Å². The molecule has 0 aliphatic carbocycles. The fourth-order valence-electron chi connectivity index (χ4n) is 3.83. The second kappa shape index (κ2) is 8.94. The van der Waals surface area contributed by atoms with Crippen LogP contribution < -0.4 is 19.5 Å². The third-order valence-electron chi connectivity index (χ3n) is 5.57. The summed E-state index contributed by atoms with van der Waals surface area (Å²) >= 11 is 0. The lowest BCUT2D eigenvalue weighted by atomic mass is 10.1. The van der Waals surface area contributed by atoms with Crippen LogP contribution in [0.3, 0.4) is 0 Å². The highest BCUT2D eigenvalue weighted by Crippen LogP contribution is 2.35. The van der Waals surface area contributed by atoms with E-state index in [1.807, 2.05) is 38.1 Å². The molecule has 5 rings (SSSR count). The van der Waals surface area contributed by atoms with Gasteiger partial charge in [0.15, 0.2) is 23.9 Å². The lowest BCUT2D eigenvalue weighted by molar-refractivity contribution is -0.118. The molecule has 172 valence electrons. The number of ether oxygens (including phenoxy) is 3. The van der Waals surface area contributed by atoms with Crippen molar-refractivity contribution in [3.05, 3.63) is 83.1 Å². The lowest BCUT2D eigenvalue weighted by Crippen LogP contribution is -2.21. The van der Waals surface area contributed by atoms with Crippen molar-refractivity contribution < 1.29 is 28.2 Å². The highest BCUT2D eigenvalue weighted by Gasteiger charge is 2.25. The number of anilines is 1. The highest BCUT2D eigenvalue weighted by atomic mass is 16.6. The minimum atomic E-state index is -0.399. The van der Waals surface area contributed by atoms with Crippen molar-refractivity contribution in [3.8, 4) is 17.2 Å². The van der Waals surface area contributed by atoms with Crippen LogP contribution in [-0.2, 0) is 4.79 Å². The van der Waals surface area contributed by atoms with Crippen molar-refractivity contribution in [2.24, 2.45) is 0 Å². The summed E-state index contributed by atoms with van der Waals surface area (Å²) in [5.74, 6) is 0.991. The largest absolute Gasteiger partial charge is 0.486 e. The minimum absolute atomic E-state index is 0.0398. The van der Waals surface area contributed by atoms with Crippen LogP contribution in [0.1, 0.15) is 27.2 Å². The number of rotatable bonds is 6. The van der Waals surface area contributed by atoms with Gasteiger partial charge in [-0.25, -0.2) is 0 Å². The number of carbonyl (C=O) groups excluding carboxylic acids is 2. The number of aryl methyl sites for hydroxylation is 2. The maximum atomic E-state index is 13.4. The molecule has 7 nitrogen and oxygen atoms in total. The molecule has 0 saturated carbocycles. The topological polar surface area (TPSA) is 87.0 Å². The zero-order chi connectivity index (χ0) is 23.7. The molecule has 0 unspecified atom stereocenters. The maximum absolute atomic E-state index is 13.4. The van der Waals surface area contributed by atoms with Gasteiger partial charge in [0.05, 0.1) is 5.69 Å². The van der Waals surface area contributed by atoms with Crippen molar-refractivity contribution in [2.45, 2.75) is 13.8 Å². The summed E-state index contributed by atoms with van der Waals surface area (Å²) in [5, 5.41) is 3.44. The summed E-state index contributed by atoms with van der Waals surface area (Å²) in [6.07, 6.45) is 0. The number of benzene rings is 3. The predicted molar refractivity (Wildman–Crippen MR) is 127 cm³/mol. The Morgan fingerprint density at radius 1 is 0.941 bits per heavy atom. The standard InChI is InChI=1S/C27H23NO6/c1-16-7-8-17(2)22(13-16)33-15-24(29)28-25-19-5-3-4-6-20(19)34-27(25)26(30)18-9-10-21-23(14-18)32-12-11-31-21/h3-10,13-14H,11-12,15H2,1-2H3,(H,28,29). The molecule has 7 heteroatoms. The Kier molecular flexibility index (Phi) is 5.67. The van der Waals surface area contributed by atoms with Crippen LogP contribution >= 0.6 is 0 Å². The first-order valence-corrected chi connectivity index (χ1v) is 11.0. The molecule has 0 bridgehead atoms. The summed E-state index contributed by atoms with van der Waals surface area (Å²) in [6.45, 7) is 4.54. The van der Waals surface area contributed by atoms with Crippen LogP contribution in [0.5, 0.6) is 17.2 Å². The van der Waals surface area contributed by atoms with Gasteiger partial charge in [-0.3, -0.25) is 9.59 Å². The van der Waals surface area contributed by atoms with E-state index in [1.54, 1.807) is 36.4 Å². The van der Waals surface area contributed by atoms with Crippen LogP contribution in [0.4, 0.5) is 5.69 Å². The first kappa shape index (κ1) is 21.6. The number of furan rings is 1. The lowest BCUT2D eigenvalue weighted by Gasteiger charge is -2.18. The molecule has 1 aliphatic heterocycles. The molecule has 3 aromatic carbocycles. The number of nitrogens with one attached hydrogen (secondary N) is 1. The van der Waals surface area contributed by atoms with E-state index in [-0.39, 0.29) is 18.2 Å². The van der Waals surface area contributed by atoms with Crippen LogP contribution in [0, 0.1) is 13.8 Å². The summed E-state index contributed by atoms with van der Waals surface area (Å²) in [4.78, 5) is 26.2. The zero-order valence-corrected chi connectivity index (χ0v) is 18.8. The molecule has 4 aromatic rings. The quantitative estimate of drug-likeness (QED) is 0.407. The Bertz CT molecular complexity index is 1400. The highest BCUT2D eigenvalue weighted by molar-refractivity contribution is 6.17. The van der Waals surface area contributed by atoms with Crippen LogP contribution in [0.2, 0.25) is 0 Å². The van der Waals surface area contributed by atoms with E-state index >= 15 is 0 Å². The number of carbonyl (C=O) groups is 2. The van der Waals surface area contributed by atoms with Crippen LogP contribution in [0.15, 0.2) is 65.1 Å². The molecule has 1 N–H and O–H groups in total. The van der Waals surface area contributed by atoms with E-state index < -0.39 is 5.91 Å². The van der Waals surface area contributed by atoms with Gasteiger partial charge in [-0.1, -0.05) is 24.3 Å². The average Bonchev–Trinajstić information content (AvgIpc) is 3.22. The van der Waals surface area contributed by atoms with E-state index in [4.69, 9.17) is 18.6 Å². The fraction of sp³-hybridized carbons (Fsp3) is 0.185. The molecular formula is C27H23NO6. The Balaban J connectivity index is 1.42. The number of fused-ring (bicyclic) bond motifs is 2. The van der Waals surface area contributed by atoms with E-state index in [1.165, 1.54) is 0 Å². The molecule has 1 aliphatic rings. The van der Waals surface area contributed by atoms with Crippen molar-refractivity contribution in [2.75, 3.05) is 25.1 Å². The fourth-order valence-corrected chi connectivity index (χ4v) is 3.83. The van der Waals surface area contributed by atoms with Gasteiger partial charge in [0, 0.05) is 10.9 Å². The van der Waals surface area contributed by atoms with E-state index in [2.05, 4.69) is 5.32 Å². The van der Waals surface area contributed by atoms with Gasteiger partial charge in [-0.05, 0) is 61.4 Å². The van der Waals surface area contributed by atoms with Crippen LogP contribution in [-0.4, -0.2) is 31.5 Å². The van der Waals surface area contributed by atoms with Crippen molar-refractivity contribution in [1.29, 1.82) is 0 Å². The molecular weight excluding hydrogens is 434 g/mol. The molecule has 0 saturated heterocycles. The van der Waals surface area contributed by atoms with Gasteiger partial charge in [0.1, 0.15) is 24.5 Å².